The number of hydrogen-bond donors (Lipinski definition) is 5. The summed E-state index contributed by atoms with van der Waals surface area (Å²) in [5.74, 6) is -2.10. The van der Waals surface area contributed by atoms with Gasteiger partial charge in [-0.05, 0) is 96.7 Å². The van der Waals surface area contributed by atoms with Gasteiger partial charge in [0.25, 0.3) is 36.3 Å². The average molecular weight is 1040 g/mol. The maximum absolute atomic E-state index is 13.1. The summed E-state index contributed by atoms with van der Waals surface area (Å²) in [7, 11) is -15.1. The largest absolute Gasteiger partial charge is 0.483 e. The zero-order valence-electron chi connectivity index (χ0n) is 42.4. The standard InChI is InChI=1S/C30H32N2O14S3.3C6H15N/c33-26(32-12-9-17(10-13-32)30(36)31-11-3-1-2-4-27(34)35)16-46-22-14-23(47(37,38)39)19-7-8-21-25(49(43,44)45)15-24(48(40,41)42)20-6-5-18(22)28(19)29(20)21;3*1-4-7(5-2)6-3/h5-8,14-15,17H,1-4,9-13,16H2,(H,31,36)(H,34,35)(H,37,38,39)(H,40,41,42)(H,43,44,45);3*4-6H2,1-3H3. The molecule has 0 spiro atoms. The maximum Gasteiger partial charge on any atom is 0.303 e. The van der Waals surface area contributed by atoms with Crippen LogP contribution in [-0.2, 0) is 44.7 Å². The SMILES string of the molecule is CCN(CC)CC.CCN(CC)CC.CCN(CC)CC.O=C(O)CCCCCNC(=O)C1CCN(C(=O)COc2cc(S(=O)(=O)O)c3ccc4c(S(=O)(=O)O)cc(S(=O)(=O)O)c5ccc2c3c54)CC1. The van der Waals surface area contributed by atoms with Gasteiger partial charge in [0.15, 0.2) is 6.61 Å². The molecule has 2 amide bonds. The molecule has 0 atom stereocenters. The second-order valence-corrected chi connectivity index (χ2v) is 20.7. The van der Waals surface area contributed by atoms with E-state index >= 15 is 0 Å². The summed E-state index contributed by atoms with van der Waals surface area (Å²) in [6.07, 6.45) is 2.62. The summed E-state index contributed by atoms with van der Waals surface area (Å²) < 4.78 is 110. The van der Waals surface area contributed by atoms with E-state index in [-0.39, 0.29) is 69.4 Å². The second kappa shape index (κ2) is 29.3. The van der Waals surface area contributed by atoms with Crippen LogP contribution in [0.5, 0.6) is 5.75 Å². The molecule has 5 N–H and O–H groups in total. The van der Waals surface area contributed by atoms with Crippen LogP contribution in [0, 0.1) is 5.92 Å². The fraction of sp³-hybridized carbons (Fsp3) is 0.604. The number of amides is 2. The molecule has 0 radical (unpaired) electrons. The monoisotopic (exact) mass is 1040 g/mol. The minimum absolute atomic E-state index is 0.0678. The lowest BCUT2D eigenvalue weighted by Crippen LogP contribution is -2.44. The molecule has 0 saturated carbocycles. The van der Waals surface area contributed by atoms with Crippen molar-refractivity contribution in [2.24, 2.45) is 5.92 Å². The molecule has 0 aromatic heterocycles. The topological polar surface area (TPSA) is 269 Å². The third-order valence-corrected chi connectivity index (χ3v) is 15.2. The van der Waals surface area contributed by atoms with E-state index in [1.54, 1.807) is 0 Å². The first-order chi connectivity index (χ1) is 32.9. The molecule has 4 aromatic rings. The van der Waals surface area contributed by atoms with Gasteiger partial charge in [-0.25, -0.2) is 0 Å². The predicted molar refractivity (Wildman–Crippen MR) is 274 cm³/mol. The van der Waals surface area contributed by atoms with Crippen molar-refractivity contribution in [3.05, 3.63) is 36.4 Å². The molecule has 1 saturated heterocycles. The summed E-state index contributed by atoms with van der Waals surface area (Å²) in [4.78, 5) is 42.4. The number of rotatable bonds is 22. The molecule has 70 heavy (non-hydrogen) atoms. The Labute approximate surface area is 415 Å². The van der Waals surface area contributed by atoms with Crippen molar-refractivity contribution in [1.29, 1.82) is 0 Å². The number of carbonyl (C=O) groups is 3. The number of aliphatic carboxylic acids is 1. The normalized spacial score (nSPS) is 13.5. The summed E-state index contributed by atoms with van der Waals surface area (Å²) in [6, 6.07) is 6.35. The number of carbonyl (C=O) groups excluding carboxylic acids is 2. The number of carboxylic acid groups (broad SMARTS) is 1. The molecule has 396 valence electrons. The number of ether oxygens (including phenoxy) is 1. The minimum Gasteiger partial charge on any atom is -0.483 e. The van der Waals surface area contributed by atoms with Gasteiger partial charge in [-0.15, -0.1) is 0 Å². The third-order valence-electron chi connectivity index (χ3n) is 12.5. The molecule has 19 nitrogen and oxygen atoms in total. The van der Waals surface area contributed by atoms with Gasteiger partial charge < -0.3 is 34.8 Å². The fourth-order valence-electron chi connectivity index (χ4n) is 8.19. The fourth-order valence-corrected chi connectivity index (χ4v) is 10.4. The van der Waals surface area contributed by atoms with E-state index in [2.05, 4.69) is 82.3 Å². The number of carboxylic acids is 1. The van der Waals surface area contributed by atoms with Crippen molar-refractivity contribution in [3.8, 4) is 5.75 Å². The highest BCUT2D eigenvalue weighted by atomic mass is 32.2. The van der Waals surface area contributed by atoms with E-state index in [0.717, 1.165) is 18.2 Å². The molecule has 22 heteroatoms. The minimum atomic E-state index is -5.08. The summed E-state index contributed by atoms with van der Waals surface area (Å²) >= 11 is 0. The molecule has 0 aliphatic carbocycles. The number of benzene rings is 4. The Morgan fingerprint density at radius 1 is 0.586 bits per heavy atom. The van der Waals surface area contributed by atoms with Gasteiger partial charge in [0.2, 0.25) is 5.91 Å². The van der Waals surface area contributed by atoms with Gasteiger partial charge in [-0.2, -0.15) is 25.3 Å². The highest BCUT2D eigenvalue weighted by Gasteiger charge is 2.30. The molecule has 0 unspecified atom stereocenters. The Hall–Kier alpha value is -4.26. The lowest BCUT2D eigenvalue weighted by Gasteiger charge is -2.31. The van der Waals surface area contributed by atoms with Crippen LogP contribution in [0.25, 0.3) is 32.3 Å². The summed E-state index contributed by atoms with van der Waals surface area (Å²) in [6.45, 7) is 30.6. The van der Waals surface area contributed by atoms with E-state index in [1.165, 1.54) is 75.9 Å². The number of nitrogens with zero attached hydrogens (tertiary/aromatic N) is 4. The van der Waals surface area contributed by atoms with Gasteiger partial charge in [-0.1, -0.05) is 86.9 Å². The molecule has 4 aromatic carbocycles. The number of nitrogens with one attached hydrogen (secondary N) is 1. The van der Waals surface area contributed by atoms with E-state index in [1.807, 2.05) is 0 Å². The van der Waals surface area contributed by atoms with Gasteiger partial charge >= 0.3 is 5.97 Å². The highest BCUT2D eigenvalue weighted by molar-refractivity contribution is 7.87. The van der Waals surface area contributed by atoms with E-state index in [4.69, 9.17) is 9.84 Å². The van der Waals surface area contributed by atoms with E-state index in [9.17, 15) is 53.3 Å². The Morgan fingerprint density at radius 2 is 0.957 bits per heavy atom. The van der Waals surface area contributed by atoms with Crippen LogP contribution in [0.1, 0.15) is 101 Å². The van der Waals surface area contributed by atoms with Crippen molar-refractivity contribution < 1.29 is 63.1 Å². The lowest BCUT2D eigenvalue weighted by molar-refractivity contribution is -0.137. The first-order valence-corrected chi connectivity index (χ1v) is 28.5. The van der Waals surface area contributed by atoms with Crippen molar-refractivity contribution in [2.75, 3.05) is 85.1 Å². The molecular weight excluding hydrogens is 967 g/mol. The number of unbranched alkanes of at least 4 members (excludes halogenated alkanes) is 2. The number of piperidine rings is 1. The molecule has 1 fully saturated rings. The van der Waals surface area contributed by atoms with Gasteiger partial charge in [0.1, 0.15) is 20.4 Å². The quantitative estimate of drug-likeness (QED) is 0.0310. The van der Waals surface area contributed by atoms with Crippen LogP contribution in [0.15, 0.2) is 51.1 Å². The maximum atomic E-state index is 13.1. The van der Waals surface area contributed by atoms with Crippen LogP contribution >= 0.6 is 0 Å². The van der Waals surface area contributed by atoms with Crippen molar-refractivity contribution in [3.63, 3.8) is 0 Å². The first-order valence-electron chi connectivity index (χ1n) is 24.2. The second-order valence-electron chi connectivity index (χ2n) is 16.5. The van der Waals surface area contributed by atoms with Crippen LogP contribution < -0.4 is 10.1 Å². The van der Waals surface area contributed by atoms with Crippen LogP contribution in [0.4, 0.5) is 0 Å². The van der Waals surface area contributed by atoms with Crippen LogP contribution in [0.2, 0.25) is 0 Å². The summed E-state index contributed by atoms with van der Waals surface area (Å²) in [5, 5.41) is 10.8. The summed E-state index contributed by atoms with van der Waals surface area (Å²) in [5.41, 5.74) is 0. The Kier molecular flexibility index (Phi) is 25.9. The Balaban J connectivity index is 0.000000665. The van der Waals surface area contributed by atoms with E-state index in [0.29, 0.717) is 44.7 Å². The highest BCUT2D eigenvalue weighted by Crippen LogP contribution is 2.45. The molecule has 1 heterocycles. The molecule has 0 bridgehead atoms. The zero-order valence-corrected chi connectivity index (χ0v) is 44.8. The predicted octanol–water partition coefficient (Wildman–Crippen LogP) is 6.75. The average Bonchev–Trinajstić information content (AvgIpc) is 3.32. The van der Waals surface area contributed by atoms with Crippen molar-refractivity contribution in [1.82, 2.24) is 24.9 Å². The molecule has 1 aliphatic heterocycles. The van der Waals surface area contributed by atoms with Crippen LogP contribution in [-0.4, -0.2) is 167 Å². The molecular formula is C48H77N5O14S3. The van der Waals surface area contributed by atoms with Crippen molar-refractivity contribution >= 4 is 80.5 Å². The molecule has 5 rings (SSSR count). The van der Waals surface area contributed by atoms with Gasteiger partial charge in [-0.3, -0.25) is 28.0 Å². The third kappa shape index (κ3) is 18.1. The number of hydrogen-bond acceptors (Lipinski definition) is 13. The zero-order chi connectivity index (χ0) is 53.0. The molecule has 1 aliphatic rings. The Bertz CT molecular complexity index is 2530. The first kappa shape index (κ1) is 61.9. The Morgan fingerprint density at radius 3 is 1.31 bits per heavy atom. The van der Waals surface area contributed by atoms with Gasteiger partial charge in [0.05, 0.1) is 0 Å². The van der Waals surface area contributed by atoms with Crippen molar-refractivity contribution in [2.45, 2.75) is 116 Å². The van der Waals surface area contributed by atoms with Gasteiger partial charge in [0, 0.05) is 70.4 Å². The smallest absolute Gasteiger partial charge is 0.303 e. The lowest BCUT2D eigenvalue weighted by atomic mass is 9.93. The van der Waals surface area contributed by atoms with Crippen LogP contribution in [0.3, 0.4) is 0 Å². The van der Waals surface area contributed by atoms with E-state index < -0.39 is 63.5 Å². The number of likely N-dealkylation sites (tertiary alicyclic amines) is 1.